The number of Topliss-reactive ketones (excluding diaryl/α,β-unsaturated/α-hetero) is 1. The van der Waals surface area contributed by atoms with Crippen molar-refractivity contribution in [1.29, 1.82) is 0 Å². The third kappa shape index (κ3) is 9.53. The molecule has 0 aliphatic carbocycles. The van der Waals surface area contributed by atoms with E-state index in [1.165, 1.54) is 0 Å². The smallest absolute Gasteiger partial charge is 0.227 e. The van der Waals surface area contributed by atoms with Gasteiger partial charge in [-0.1, -0.05) is 61.5 Å². The van der Waals surface area contributed by atoms with Crippen molar-refractivity contribution >= 4 is 23.3 Å². The van der Waals surface area contributed by atoms with Gasteiger partial charge in [-0.2, -0.15) is 0 Å². The highest BCUT2D eigenvalue weighted by Gasteiger charge is 2.29. The van der Waals surface area contributed by atoms with E-state index in [1.54, 1.807) is 4.90 Å². The Morgan fingerprint density at radius 3 is 2.36 bits per heavy atom. The number of rotatable bonds is 17. The largest absolute Gasteiger partial charge is 0.379 e. The molecule has 2 aromatic carbocycles. The lowest BCUT2D eigenvalue weighted by molar-refractivity contribution is -0.125. The van der Waals surface area contributed by atoms with Crippen molar-refractivity contribution in [2.24, 2.45) is 5.92 Å². The molecule has 1 aliphatic heterocycles. The predicted octanol–water partition coefficient (Wildman–Crippen LogP) is 4.43. The first-order valence-corrected chi connectivity index (χ1v) is 15.7. The Morgan fingerprint density at radius 1 is 0.844 bits per heavy atom. The average molecular weight is 620 g/mol. The molecular formula is C34H45N5O6. The Labute approximate surface area is 265 Å². The second-order valence-corrected chi connectivity index (χ2v) is 11.5. The van der Waals surface area contributed by atoms with Gasteiger partial charge in [0.15, 0.2) is 0 Å². The van der Waals surface area contributed by atoms with Crippen molar-refractivity contribution in [2.75, 3.05) is 44.5 Å². The van der Waals surface area contributed by atoms with Crippen molar-refractivity contribution in [1.82, 2.24) is 20.3 Å². The number of carbonyl (C=O) groups excluding carboxylic acids is 3. The number of amides is 2. The normalized spacial score (nSPS) is 12.4. The molecule has 1 aromatic heterocycles. The van der Waals surface area contributed by atoms with E-state index < -0.39 is 0 Å². The van der Waals surface area contributed by atoms with Gasteiger partial charge in [0.2, 0.25) is 11.8 Å². The molecule has 4 rings (SSSR count). The number of ketones is 1. The Bertz CT molecular complexity index is 1440. The number of benzene rings is 2. The number of fused-ring (bicyclic) bond motifs is 5. The zero-order valence-electron chi connectivity index (χ0n) is 26.8. The summed E-state index contributed by atoms with van der Waals surface area (Å²) < 4.78 is 18.7. The summed E-state index contributed by atoms with van der Waals surface area (Å²) in [4.78, 5) is 39.6. The van der Waals surface area contributed by atoms with Crippen LogP contribution in [0.1, 0.15) is 52.5 Å². The minimum Gasteiger partial charge on any atom is -0.379 e. The minimum absolute atomic E-state index is 0.0126. The predicted molar refractivity (Wildman–Crippen MR) is 172 cm³/mol. The van der Waals surface area contributed by atoms with Gasteiger partial charge in [0.1, 0.15) is 11.5 Å². The van der Waals surface area contributed by atoms with E-state index in [0.717, 1.165) is 28.1 Å². The van der Waals surface area contributed by atoms with Gasteiger partial charge in [-0.3, -0.25) is 14.4 Å². The van der Waals surface area contributed by atoms with Crippen LogP contribution in [0.4, 0.5) is 5.69 Å². The fourth-order valence-electron chi connectivity index (χ4n) is 5.06. The third-order valence-corrected chi connectivity index (χ3v) is 7.48. The number of hydrogen-bond donors (Lipinski definition) is 1. The first-order chi connectivity index (χ1) is 21.8. The van der Waals surface area contributed by atoms with Crippen LogP contribution in [-0.4, -0.2) is 78.3 Å². The van der Waals surface area contributed by atoms with Crippen LogP contribution in [-0.2, 0) is 41.7 Å². The molecule has 0 radical (unpaired) electrons. The molecule has 0 unspecified atom stereocenters. The minimum atomic E-state index is -0.228. The maximum Gasteiger partial charge on any atom is 0.227 e. The van der Waals surface area contributed by atoms with Gasteiger partial charge in [-0.25, -0.2) is 4.68 Å². The lowest BCUT2D eigenvalue weighted by Gasteiger charge is -2.28. The van der Waals surface area contributed by atoms with Gasteiger partial charge < -0.3 is 24.4 Å². The van der Waals surface area contributed by atoms with Gasteiger partial charge in [0.25, 0.3) is 0 Å². The van der Waals surface area contributed by atoms with Crippen LogP contribution in [0.3, 0.4) is 0 Å². The molecule has 3 aromatic rings. The van der Waals surface area contributed by atoms with Crippen molar-refractivity contribution in [3.8, 4) is 22.5 Å². The SMILES string of the molecule is CC(C)OCCOCCn1nnc2c1-c1ccccc1CN(C(=O)CCC(=O)NCCOCCC(=O)C(C)C)c1ccccc1-2. The molecule has 45 heavy (non-hydrogen) atoms. The Morgan fingerprint density at radius 2 is 1.58 bits per heavy atom. The van der Waals surface area contributed by atoms with Crippen LogP contribution < -0.4 is 10.2 Å². The van der Waals surface area contributed by atoms with Gasteiger partial charge >= 0.3 is 0 Å². The number of para-hydroxylation sites is 1. The van der Waals surface area contributed by atoms with E-state index in [4.69, 9.17) is 14.2 Å². The highest BCUT2D eigenvalue weighted by Crippen LogP contribution is 2.41. The van der Waals surface area contributed by atoms with E-state index in [2.05, 4.69) is 15.6 Å². The fourth-order valence-corrected chi connectivity index (χ4v) is 5.06. The molecule has 2 heterocycles. The van der Waals surface area contributed by atoms with E-state index >= 15 is 0 Å². The van der Waals surface area contributed by atoms with Gasteiger partial charge in [0.05, 0.1) is 63.6 Å². The van der Waals surface area contributed by atoms with Crippen LogP contribution in [0.5, 0.6) is 0 Å². The van der Waals surface area contributed by atoms with Gasteiger partial charge in [-0.15, -0.1) is 5.10 Å². The number of carbonyl (C=O) groups is 3. The quantitative estimate of drug-likeness (QED) is 0.220. The fraction of sp³-hybridized carbons (Fsp3) is 0.500. The average Bonchev–Trinajstić information content (AvgIpc) is 3.44. The number of anilines is 1. The number of nitrogens with one attached hydrogen (secondary N) is 1. The molecule has 11 heteroatoms. The summed E-state index contributed by atoms with van der Waals surface area (Å²) in [6.07, 6.45) is 0.618. The molecule has 0 atom stereocenters. The van der Waals surface area contributed by atoms with Crippen LogP contribution in [0.2, 0.25) is 0 Å². The van der Waals surface area contributed by atoms with Crippen molar-refractivity contribution in [2.45, 2.75) is 66.2 Å². The summed E-state index contributed by atoms with van der Waals surface area (Å²) in [5.74, 6) is -0.251. The second-order valence-electron chi connectivity index (χ2n) is 11.5. The highest BCUT2D eigenvalue weighted by molar-refractivity contribution is 6.01. The summed E-state index contributed by atoms with van der Waals surface area (Å²) in [5.41, 5.74) is 4.98. The molecule has 0 saturated heterocycles. The molecule has 0 fully saturated rings. The number of aromatic nitrogens is 3. The third-order valence-electron chi connectivity index (χ3n) is 7.48. The molecule has 0 bridgehead atoms. The Kier molecular flexibility index (Phi) is 12.8. The molecule has 242 valence electrons. The van der Waals surface area contributed by atoms with E-state index in [0.29, 0.717) is 64.8 Å². The summed E-state index contributed by atoms with van der Waals surface area (Å²) >= 11 is 0. The molecule has 2 amide bonds. The van der Waals surface area contributed by atoms with Crippen molar-refractivity contribution in [3.63, 3.8) is 0 Å². The molecule has 1 aliphatic rings. The molecule has 1 N–H and O–H groups in total. The maximum atomic E-state index is 13.7. The second kappa shape index (κ2) is 17.0. The van der Waals surface area contributed by atoms with Crippen LogP contribution in [0.15, 0.2) is 48.5 Å². The summed E-state index contributed by atoms with van der Waals surface area (Å²) in [7, 11) is 0. The molecule has 11 nitrogen and oxygen atoms in total. The Balaban J connectivity index is 1.42. The Hall–Kier alpha value is -3.93. The van der Waals surface area contributed by atoms with Gasteiger partial charge in [0, 0.05) is 42.9 Å². The highest BCUT2D eigenvalue weighted by atomic mass is 16.5. The van der Waals surface area contributed by atoms with Crippen molar-refractivity contribution < 1.29 is 28.6 Å². The van der Waals surface area contributed by atoms with Gasteiger partial charge in [-0.05, 0) is 25.5 Å². The summed E-state index contributed by atoms with van der Waals surface area (Å²) in [6, 6.07) is 15.6. The first-order valence-electron chi connectivity index (χ1n) is 15.7. The summed E-state index contributed by atoms with van der Waals surface area (Å²) in [6.45, 7) is 11.0. The molecular weight excluding hydrogens is 574 g/mol. The standard InChI is InChI=1S/C34H45N5O6/c1-24(2)30(40)15-18-43-19-16-35-31(41)13-14-32(42)38-23-26-9-5-6-10-27(26)34-33(28-11-7-8-12-29(28)38)36-37-39(34)17-20-44-21-22-45-25(3)4/h5-12,24-25H,13-23H2,1-4H3,(H,35,41). The zero-order chi connectivity index (χ0) is 32.2. The first kappa shape index (κ1) is 34.0. The van der Waals surface area contributed by atoms with Crippen LogP contribution in [0.25, 0.3) is 22.5 Å². The maximum absolute atomic E-state index is 13.7. The topological polar surface area (TPSA) is 125 Å². The summed E-state index contributed by atoms with van der Waals surface area (Å²) in [5, 5.41) is 11.9. The number of nitrogens with zero attached hydrogens (tertiary/aromatic N) is 4. The monoisotopic (exact) mass is 619 g/mol. The molecule has 0 saturated carbocycles. The van der Waals surface area contributed by atoms with E-state index in [9.17, 15) is 14.4 Å². The van der Waals surface area contributed by atoms with E-state index in [1.807, 2.05) is 80.9 Å². The number of hydrogen-bond acceptors (Lipinski definition) is 8. The zero-order valence-corrected chi connectivity index (χ0v) is 26.8. The van der Waals surface area contributed by atoms with E-state index in [-0.39, 0.29) is 42.5 Å². The lowest BCUT2D eigenvalue weighted by atomic mass is 9.95. The van der Waals surface area contributed by atoms with Crippen molar-refractivity contribution in [3.05, 3.63) is 54.1 Å². The van der Waals surface area contributed by atoms with Crippen LogP contribution in [0, 0.1) is 5.92 Å². The molecule has 0 spiro atoms. The number of ether oxygens (including phenoxy) is 3. The van der Waals surface area contributed by atoms with Crippen LogP contribution >= 0.6 is 0 Å². The lowest BCUT2D eigenvalue weighted by Crippen LogP contribution is -2.34.